The fraction of sp³-hybridized carbons (Fsp3) is 0.471. The molecule has 1 aliphatic heterocycles. The molecule has 0 spiro atoms. The van der Waals surface area contributed by atoms with Gasteiger partial charge in [0.25, 0.3) is 0 Å². The van der Waals surface area contributed by atoms with Crippen LogP contribution in [0.2, 0.25) is 0 Å². The number of carbonyl (C=O) groups excluding carboxylic acids is 1. The molecule has 1 saturated heterocycles. The Bertz CT molecular complexity index is 491. The van der Waals surface area contributed by atoms with Gasteiger partial charge in [0.1, 0.15) is 5.75 Å². The predicted octanol–water partition coefficient (Wildman–Crippen LogP) is 2.74. The lowest BCUT2D eigenvalue weighted by molar-refractivity contribution is -0.128. The summed E-state index contributed by atoms with van der Waals surface area (Å²) in [7, 11) is 1.73. The Balaban J connectivity index is 1.96. The van der Waals surface area contributed by atoms with E-state index in [1.54, 1.807) is 13.2 Å². The van der Waals surface area contributed by atoms with Crippen molar-refractivity contribution in [3.63, 3.8) is 0 Å². The second-order valence-corrected chi connectivity index (χ2v) is 5.06. The van der Waals surface area contributed by atoms with Gasteiger partial charge in [-0.2, -0.15) is 0 Å². The van der Waals surface area contributed by atoms with E-state index in [4.69, 9.17) is 9.47 Å². The molecule has 0 bridgehead atoms. The molecule has 1 aromatic carbocycles. The maximum Gasteiger partial charge on any atom is 0.246 e. The highest BCUT2D eigenvalue weighted by Gasteiger charge is 2.20. The van der Waals surface area contributed by atoms with E-state index < -0.39 is 0 Å². The third kappa shape index (κ3) is 4.33. The Morgan fingerprint density at radius 3 is 2.71 bits per heavy atom. The molecule has 1 heterocycles. The SMILES string of the molecule is CCOc1ccccc1/C=C/C(=O)N1CCC(OC)CC1. The summed E-state index contributed by atoms with van der Waals surface area (Å²) in [6.07, 6.45) is 5.56. The largest absolute Gasteiger partial charge is 0.493 e. The fourth-order valence-corrected chi connectivity index (χ4v) is 2.48. The van der Waals surface area contributed by atoms with E-state index >= 15 is 0 Å². The van der Waals surface area contributed by atoms with Crippen molar-refractivity contribution < 1.29 is 14.3 Å². The molecule has 0 atom stereocenters. The molecule has 0 unspecified atom stereocenters. The summed E-state index contributed by atoms with van der Waals surface area (Å²) in [4.78, 5) is 14.1. The Labute approximate surface area is 126 Å². The van der Waals surface area contributed by atoms with E-state index in [1.165, 1.54) is 0 Å². The van der Waals surface area contributed by atoms with E-state index in [9.17, 15) is 4.79 Å². The van der Waals surface area contributed by atoms with Crippen LogP contribution in [-0.2, 0) is 9.53 Å². The number of ether oxygens (including phenoxy) is 2. The van der Waals surface area contributed by atoms with Gasteiger partial charge in [0.15, 0.2) is 0 Å². The van der Waals surface area contributed by atoms with Gasteiger partial charge in [0, 0.05) is 31.8 Å². The highest BCUT2D eigenvalue weighted by atomic mass is 16.5. The molecule has 4 heteroatoms. The standard InChI is InChI=1S/C17H23NO3/c1-3-21-16-7-5-4-6-14(16)8-9-17(19)18-12-10-15(20-2)11-13-18/h4-9,15H,3,10-13H2,1-2H3/b9-8+. The van der Waals surface area contributed by atoms with E-state index in [1.807, 2.05) is 42.2 Å². The first kappa shape index (κ1) is 15.6. The van der Waals surface area contributed by atoms with Crippen molar-refractivity contribution in [3.8, 4) is 5.75 Å². The number of carbonyl (C=O) groups is 1. The van der Waals surface area contributed by atoms with Gasteiger partial charge in [-0.15, -0.1) is 0 Å². The highest BCUT2D eigenvalue weighted by molar-refractivity contribution is 5.92. The number of likely N-dealkylation sites (tertiary alicyclic amines) is 1. The Morgan fingerprint density at radius 2 is 2.05 bits per heavy atom. The molecule has 0 saturated carbocycles. The molecule has 0 aliphatic carbocycles. The minimum atomic E-state index is 0.0517. The molecule has 4 nitrogen and oxygen atoms in total. The smallest absolute Gasteiger partial charge is 0.246 e. The molecule has 1 fully saturated rings. The molecule has 114 valence electrons. The van der Waals surface area contributed by atoms with Crippen molar-refractivity contribution in [3.05, 3.63) is 35.9 Å². The zero-order valence-corrected chi connectivity index (χ0v) is 12.7. The minimum Gasteiger partial charge on any atom is -0.493 e. The number of hydrogen-bond donors (Lipinski definition) is 0. The van der Waals surface area contributed by atoms with Crippen molar-refractivity contribution in [1.82, 2.24) is 4.90 Å². The Kier molecular flexibility index (Phi) is 5.81. The summed E-state index contributed by atoms with van der Waals surface area (Å²) in [5.74, 6) is 0.859. The average Bonchev–Trinajstić information content (AvgIpc) is 2.54. The van der Waals surface area contributed by atoms with Gasteiger partial charge in [0.2, 0.25) is 5.91 Å². The second-order valence-electron chi connectivity index (χ2n) is 5.06. The average molecular weight is 289 g/mol. The lowest BCUT2D eigenvalue weighted by Gasteiger charge is -2.30. The maximum atomic E-state index is 12.2. The van der Waals surface area contributed by atoms with Crippen molar-refractivity contribution in [1.29, 1.82) is 0 Å². The monoisotopic (exact) mass is 289 g/mol. The molecule has 1 aliphatic rings. The molecule has 0 N–H and O–H groups in total. The first-order chi connectivity index (χ1) is 10.2. The number of hydrogen-bond acceptors (Lipinski definition) is 3. The summed E-state index contributed by atoms with van der Waals surface area (Å²) in [6.45, 7) is 4.08. The van der Waals surface area contributed by atoms with Crippen molar-refractivity contribution >= 4 is 12.0 Å². The van der Waals surface area contributed by atoms with Crippen LogP contribution in [0.5, 0.6) is 5.75 Å². The zero-order chi connectivity index (χ0) is 15.1. The van der Waals surface area contributed by atoms with Crippen LogP contribution in [0.25, 0.3) is 6.08 Å². The molecule has 0 aromatic heterocycles. The van der Waals surface area contributed by atoms with Crippen LogP contribution in [0.1, 0.15) is 25.3 Å². The van der Waals surface area contributed by atoms with Crippen molar-refractivity contribution in [2.75, 3.05) is 26.8 Å². The van der Waals surface area contributed by atoms with Crippen LogP contribution >= 0.6 is 0 Å². The van der Waals surface area contributed by atoms with Gasteiger partial charge in [-0.05, 0) is 31.9 Å². The van der Waals surface area contributed by atoms with Crippen LogP contribution in [0, 0.1) is 0 Å². The zero-order valence-electron chi connectivity index (χ0n) is 12.7. The topological polar surface area (TPSA) is 38.8 Å². The molecule has 0 radical (unpaired) electrons. The maximum absolute atomic E-state index is 12.2. The van der Waals surface area contributed by atoms with Gasteiger partial charge in [-0.25, -0.2) is 0 Å². The number of piperidine rings is 1. The normalized spacial score (nSPS) is 16.4. The fourth-order valence-electron chi connectivity index (χ4n) is 2.48. The molecular weight excluding hydrogens is 266 g/mol. The van der Waals surface area contributed by atoms with Crippen LogP contribution < -0.4 is 4.74 Å². The summed E-state index contributed by atoms with van der Waals surface area (Å²) in [5.41, 5.74) is 0.930. The Hall–Kier alpha value is -1.81. The number of rotatable bonds is 5. The van der Waals surface area contributed by atoms with Crippen LogP contribution in [0.3, 0.4) is 0 Å². The van der Waals surface area contributed by atoms with Gasteiger partial charge < -0.3 is 14.4 Å². The first-order valence-electron chi connectivity index (χ1n) is 7.46. The summed E-state index contributed by atoms with van der Waals surface area (Å²) in [5, 5.41) is 0. The molecular formula is C17H23NO3. The predicted molar refractivity (Wildman–Crippen MR) is 83.3 cm³/mol. The number of amides is 1. The third-order valence-electron chi connectivity index (χ3n) is 3.71. The van der Waals surface area contributed by atoms with Gasteiger partial charge in [-0.1, -0.05) is 18.2 Å². The molecule has 1 aromatic rings. The number of para-hydroxylation sites is 1. The third-order valence-corrected chi connectivity index (χ3v) is 3.71. The van der Waals surface area contributed by atoms with Gasteiger partial charge in [-0.3, -0.25) is 4.79 Å². The minimum absolute atomic E-state index is 0.0517. The van der Waals surface area contributed by atoms with E-state index in [0.29, 0.717) is 6.61 Å². The summed E-state index contributed by atoms with van der Waals surface area (Å²) >= 11 is 0. The molecule has 21 heavy (non-hydrogen) atoms. The van der Waals surface area contributed by atoms with Gasteiger partial charge in [0.05, 0.1) is 12.7 Å². The van der Waals surface area contributed by atoms with E-state index in [0.717, 1.165) is 37.2 Å². The van der Waals surface area contributed by atoms with Crippen LogP contribution in [0.4, 0.5) is 0 Å². The first-order valence-corrected chi connectivity index (χ1v) is 7.46. The van der Waals surface area contributed by atoms with Crippen LogP contribution in [-0.4, -0.2) is 43.7 Å². The lowest BCUT2D eigenvalue weighted by Crippen LogP contribution is -2.39. The van der Waals surface area contributed by atoms with Crippen molar-refractivity contribution in [2.24, 2.45) is 0 Å². The summed E-state index contributed by atoms with van der Waals surface area (Å²) in [6, 6.07) is 7.74. The molecule has 1 amide bonds. The van der Waals surface area contributed by atoms with Crippen LogP contribution in [0.15, 0.2) is 30.3 Å². The van der Waals surface area contributed by atoms with E-state index in [-0.39, 0.29) is 12.0 Å². The van der Waals surface area contributed by atoms with Crippen molar-refractivity contribution in [2.45, 2.75) is 25.9 Å². The molecule has 2 rings (SSSR count). The summed E-state index contributed by atoms with van der Waals surface area (Å²) < 4.78 is 10.9. The quantitative estimate of drug-likeness (QED) is 0.782. The van der Waals surface area contributed by atoms with Gasteiger partial charge >= 0.3 is 0 Å². The second kappa shape index (κ2) is 7.84. The number of benzene rings is 1. The highest BCUT2D eigenvalue weighted by Crippen LogP contribution is 2.20. The lowest BCUT2D eigenvalue weighted by atomic mass is 10.1. The van der Waals surface area contributed by atoms with E-state index in [2.05, 4.69) is 0 Å². The number of nitrogens with zero attached hydrogens (tertiary/aromatic N) is 1. The number of methoxy groups -OCH3 is 1. The Morgan fingerprint density at radius 1 is 1.33 bits per heavy atom.